The summed E-state index contributed by atoms with van der Waals surface area (Å²) in [7, 11) is 0. The first-order chi connectivity index (χ1) is 12.2. The fourth-order valence-corrected chi connectivity index (χ4v) is 2.78. The fourth-order valence-electron chi connectivity index (χ4n) is 2.78. The van der Waals surface area contributed by atoms with Gasteiger partial charge in [-0.25, -0.2) is 4.98 Å². The predicted molar refractivity (Wildman–Crippen MR) is 107 cm³/mol. The predicted octanol–water partition coefficient (Wildman–Crippen LogP) is 4.70. The average molecular weight is 357 g/mol. The van der Waals surface area contributed by atoms with Gasteiger partial charge in [0, 0.05) is 42.7 Å². The SMILES string of the molecule is CCN(CC)c1ccc(NC(=O)CCc2oc(C(C)(C)C)nc2C)cc1. The molecule has 26 heavy (non-hydrogen) atoms. The van der Waals surface area contributed by atoms with Gasteiger partial charge in [-0.3, -0.25) is 4.79 Å². The normalized spacial score (nSPS) is 11.5. The van der Waals surface area contributed by atoms with Crippen molar-refractivity contribution in [3.8, 4) is 0 Å². The molecule has 0 aliphatic carbocycles. The number of nitrogens with one attached hydrogen (secondary N) is 1. The lowest BCUT2D eigenvalue weighted by Gasteiger charge is -2.21. The summed E-state index contributed by atoms with van der Waals surface area (Å²) in [5.74, 6) is 1.49. The molecule has 0 bridgehead atoms. The smallest absolute Gasteiger partial charge is 0.224 e. The number of carbonyl (C=O) groups is 1. The molecule has 5 heteroatoms. The Hall–Kier alpha value is -2.30. The van der Waals surface area contributed by atoms with Crippen LogP contribution in [0.2, 0.25) is 0 Å². The molecule has 1 aromatic carbocycles. The van der Waals surface area contributed by atoms with Gasteiger partial charge in [-0.15, -0.1) is 0 Å². The molecular weight excluding hydrogens is 326 g/mol. The van der Waals surface area contributed by atoms with E-state index in [1.54, 1.807) is 0 Å². The molecule has 0 fully saturated rings. The number of rotatable bonds is 7. The molecule has 0 saturated carbocycles. The van der Waals surface area contributed by atoms with E-state index in [4.69, 9.17) is 4.42 Å². The first-order valence-corrected chi connectivity index (χ1v) is 9.36. The van der Waals surface area contributed by atoms with Crippen molar-refractivity contribution in [2.24, 2.45) is 0 Å². The van der Waals surface area contributed by atoms with Crippen LogP contribution in [0.4, 0.5) is 11.4 Å². The summed E-state index contributed by atoms with van der Waals surface area (Å²) >= 11 is 0. The van der Waals surface area contributed by atoms with E-state index in [-0.39, 0.29) is 11.3 Å². The third-order valence-electron chi connectivity index (χ3n) is 4.39. The van der Waals surface area contributed by atoms with Crippen LogP contribution in [0.1, 0.15) is 58.4 Å². The molecule has 5 nitrogen and oxygen atoms in total. The number of aromatic nitrogens is 1. The highest BCUT2D eigenvalue weighted by Crippen LogP contribution is 2.24. The molecule has 2 aromatic rings. The Morgan fingerprint density at radius 2 is 1.77 bits per heavy atom. The summed E-state index contributed by atoms with van der Waals surface area (Å²) in [4.78, 5) is 19.0. The van der Waals surface area contributed by atoms with Gasteiger partial charge in [0.05, 0.1) is 5.69 Å². The quantitative estimate of drug-likeness (QED) is 0.780. The maximum Gasteiger partial charge on any atom is 0.224 e. The Kier molecular flexibility index (Phi) is 6.46. The minimum atomic E-state index is -0.127. The third kappa shape index (κ3) is 5.10. The van der Waals surface area contributed by atoms with E-state index in [9.17, 15) is 4.79 Å². The van der Waals surface area contributed by atoms with Gasteiger partial charge >= 0.3 is 0 Å². The molecule has 142 valence electrons. The Balaban J connectivity index is 1.92. The molecule has 1 N–H and O–H groups in total. The number of carbonyl (C=O) groups excluding carboxylic acids is 1. The molecule has 1 aromatic heterocycles. The highest BCUT2D eigenvalue weighted by atomic mass is 16.4. The minimum absolute atomic E-state index is 0.0197. The zero-order chi connectivity index (χ0) is 19.3. The van der Waals surface area contributed by atoms with E-state index in [2.05, 4.69) is 49.8 Å². The molecule has 0 spiro atoms. The second-order valence-corrected chi connectivity index (χ2v) is 7.54. The lowest BCUT2D eigenvalue weighted by Crippen LogP contribution is -2.21. The van der Waals surface area contributed by atoms with Crippen LogP contribution in [0.15, 0.2) is 28.7 Å². The number of oxazole rings is 1. The van der Waals surface area contributed by atoms with Crippen LogP contribution in [0, 0.1) is 6.92 Å². The van der Waals surface area contributed by atoms with Gasteiger partial charge in [0.2, 0.25) is 5.91 Å². The molecule has 0 atom stereocenters. The van der Waals surface area contributed by atoms with Gasteiger partial charge in [-0.2, -0.15) is 0 Å². The van der Waals surface area contributed by atoms with Gasteiger partial charge in [0.15, 0.2) is 5.89 Å². The van der Waals surface area contributed by atoms with Crippen LogP contribution in [0.5, 0.6) is 0 Å². The minimum Gasteiger partial charge on any atom is -0.445 e. The summed E-state index contributed by atoms with van der Waals surface area (Å²) in [5.41, 5.74) is 2.72. The van der Waals surface area contributed by atoms with Crippen molar-refractivity contribution in [1.82, 2.24) is 4.98 Å². The van der Waals surface area contributed by atoms with Crippen LogP contribution in [0.3, 0.4) is 0 Å². The van der Waals surface area contributed by atoms with Crippen LogP contribution in [-0.2, 0) is 16.6 Å². The number of nitrogens with zero attached hydrogens (tertiary/aromatic N) is 2. The van der Waals surface area contributed by atoms with Crippen molar-refractivity contribution in [2.45, 2.75) is 59.8 Å². The average Bonchev–Trinajstić information content (AvgIpc) is 2.97. The van der Waals surface area contributed by atoms with Gasteiger partial charge in [-0.1, -0.05) is 20.8 Å². The third-order valence-corrected chi connectivity index (χ3v) is 4.39. The van der Waals surface area contributed by atoms with Gasteiger partial charge in [-0.05, 0) is 45.0 Å². The van der Waals surface area contributed by atoms with Crippen molar-refractivity contribution in [2.75, 3.05) is 23.3 Å². The standard InChI is InChI=1S/C21H31N3O2/c1-7-24(8-2)17-11-9-16(10-12-17)23-19(25)14-13-18-15(3)22-20(26-18)21(4,5)6/h9-12H,7-8,13-14H2,1-6H3,(H,23,25). The summed E-state index contributed by atoms with van der Waals surface area (Å²) in [6, 6.07) is 7.98. The lowest BCUT2D eigenvalue weighted by atomic mass is 9.97. The van der Waals surface area contributed by atoms with Gasteiger partial charge in [0.1, 0.15) is 5.76 Å². The van der Waals surface area contributed by atoms with Crippen molar-refractivity contribution >= 4 is 17.3 Å². The first kappa shape index (κ1) is 20.0. The monoisotopic (exact) mass is 357 g/mol. The Bertz CT molecular complexity index is 723. The molecule has 2 rings (SSSR count). The van der Waals surface area contributed by atoms with E-state index in [0.29, 0.717) is 12.8 Å². The van der Waals surface area contributed by atoms with Crippen LogP contribution in [-0.4, -0.2) is 24.0 Å². The van der Waals surface area contributed by atoms with Gasteiger partial charge < -0.3 is 14.6 Å². The van der Waals surface area contributed by atoms with Gasteiger partial charge in [0.25, 0.3) is 0 Å². The topological polar surface area (TPSA) is 58.4 Å². The van der Waals surface area contributed by atoms with Crippen molar-refractivity contribution in [1.29, 1.82) is 0 Å². The maximum absolute atomic E-state index is 12.2. The number of amides is 1. The Morgan fingerprint density at radius 1 is 1.15 bits per heavy atom. The van der Waals surface area contributed by atoms with E-state index < -0.39 is 0 Å². The number of anilines is 2. The van der Waals surface area contributed by atoms with Crippen LogP contribution >= 0.6 is 0 Å². The number of hydrogen-bond acceptors (Lipinski definition) is 4. The molecule has 0 aliphatic rings. The van der Waals surface area contributed by atoms with Crippen molar-refractivity contribution < 1.29 is 9.21 Å². The molecular formula is C21H31N3O2. The second kappa shape index (κ2) is 8.39. The molecule has 0 radical (unpaired) electrons. The summed E-state index contributed by atoms with van der Waals surface area (Å²) in [5, 5.41) is 2.95. The summed E-state index contributed by atoms with van der Waals surface area (Å²) in [6.07, 6.45) is 0.926. The summed E-state index contributed by atoms with van der Waals surface area (Å²) < 4.78 is 5.85. The zero-order valence-corrected chi connectivity index (χ0v) is 16.8. The first-order valence-electron chi connectivity index (χ1n) is 9.36. The second-order valence-electron chi connectivity index (χ2n) is 7.54. The highest BCUT2D eigenvalue weighted by molar-refractivity contribution is 5.91. The van der Waals surface area contributed by atoms with Crippen LogP contribution in [0.25, 0.3) is 0 Å². The van der Waals surface area contributed by atoms with Crippen molar-refractivity contribution in [3.05, 3.63) is 41.6 Å². The molecule has 0 aliphatic heterocycles. The lowest BCUT2D eigenvalue weighted by molar-refractivity contribution is -0.116. The highest BCUT2D eigenvalue weighted by Gasteiger charge is 2.22. The Morgan fingerprint density at radius 3 is 2.27 bits per heavy atom. The largest absolute Gasteiger partial charge is 0.445 e. The van der Waals surface area contributed by atoms with E-state index in [1.165, 1.54) is 5.69 Å². The number of aryl methyl sites for hydroxylation is 2. The molecule has 0 unspecified atom stereocenters. The molecule has 1 amide bonds. The van der Waals surface area contributed by atoms with E-state index >= 15 is 0 Å². The Labute approximate surface area is 156 Å². The van der Waals surface area contributed by atoms with Crippen molar-refractivity contribution in [3.63, 3.8) is 0 Å². The van der Waals surface area contributed by atoms with E-state index in [0.717, 1.165) is 36.1 Å². The van der Waals surface area contributed by atoms with E-state index in [1.807, 2.05) is 31.2 Å². The number of benzene rings is 1. The fraction of sp³-hybridized carbons (Fsp3) is 0.524. The summed E-state index contributed by atoms with van der Waals surface area (Å²) in [6.45, 7) is 14.3. The zero-order valence-electron chi connectivity index (χ0n) is 16.8. The molecule has 0 saturated heterocycles. The number of hydrogen-bond donors (Lipinski definition) is 1. The molecule has 1 heterocycles. The maximum atomic E-state index is 12.2. The van der Waals surface area contributed by atoms with Crippen LogP contribution < -0.4 is 10.2 Å².